The van der Waals surface area contributed by atoms with E-state index in [4.69, 9.17) is 0 Å². The Labute approximate surface area is 93.4 Å². The van der Waals surface area contributed by atoms with Crippen molar-refractivity contribution in [3.8, 4) is 0 Å². The van der Waals surface area contributed by atoms with Gasteiger partial charge in [-0.2, -0.15) is 11.8 Å². The molecule has 2 heteroatoms. The molecular formula is C12H25NS. The predicted molar refractivity (Wildman–Crippen MR) is 67.0 cm³/mol. The molecule has 1 fully saturated rings. The Hall–Kier alpha value is 0.310. The molecule has 0 saturated heterocycles. The first-order valence-corrected chi connectivity index (χ1v) is 7.10. The fraction of sp³-hybridized carbons (Fsp3) is 1.00. The molecule has 1 saturated carbocycles. The number of rotatable bonds is 6. The van der Waals surface area contributed by atoms with Gasteiger partial charge in [0.05, 0.1) is 0 Å². The van der Waals surface area contributed by atoms with Gasteiger partial charge in [0.2, 0.25) is 0 Å². The normalized spacial score (nSPS) is 20.6. The van der Waals surface area contributed by atoms with Crippen LogP contribution in [0.2, 0.25) is 0 Å². The molecule has 1 aliphatic rings. The molecule has 0 aromatic carbocycles. The molecule has 1 unspecified atom stereocenters. The standard InChI is InChI=1S/C12H25NS/c1-10(2)11(3)14-9-8-13-12-6-4-5-7-12/h10-13H,4-9H2,1-3H3. The minimum Gasteiger partial charge on any atom is -0.313 e. The van der Waals surface area contributed by atoms with Crippen LogP contribution in [0.5, 0.6) is 0 Å². The average molecular weight is 215 g/mol. The van der Waals surface area contributed by atoms with E-state index in [-0.39, 0.29) is 0 Å². The summed E-state index contributed by atoms with van der Waals surface area (Å²) in [5.41, 5.74) is 0. The summed E-state index contributed by atoms with van der Waals surface area (Å²) in [5, 5.41) is 4.46. The number of hydrogen-bond acceptors (Lipinski definition) is 2. The molecule has 0 radical (unpaired) electrons. The van der Waals surface area contributed by atoms with Gasteiger partial charge in [0.1, 0.15) is 0 Å². The Balaban J connectivity index is 1.93. The highest BCUT2D eigenvalue weighted by molar-refractivity contribution is 7.99. The number of thioether (sulfide) groups is 1. The second kappa shape index (κ2) is 6.73. The Morgan fingerprint density at radius 3 is 2.43 bits per heavy atom. The van der Waals surface area contributed by atoms with E-state index in [9.17, 15) is 0 Å². The Kier molecular flexibility index (Phi) is 5.95. The van der Waals surface area contributed by atoms with Crippen molar-refractivity contribution in [2.75, 3.05) is 12.3 Å². The predicted octanol–water partition coefficient (Wildman–Crippen LogP) is 3.30. The molecule has 0 spiro atoms. The zero-order chi connectivity index (χ0) is 10.4. The zero-order valence-electron chi connectivity index (χ0n) is 9.88. The van der Waals surface area contributed by atoms with Gasteiger partial charge in [-0.05, 0) is 18.8 Å². The molecule has 0 bridgehead atoms. The summed E-state index contributed by atoms with van der Waals surface area (Å²) in [7, 11) is 0. The van der Waals surface area contributed by atoms with Crippen LogP contribution in [-0.2, 0) is 0 Å². The summed E-state index contributed by atoms with van der Waals surface area (Å²) in [6, 6.07) is 0.838. The van der Waals surface area contributed by atoms with Crippen LogP contribution in [-0.4, -0.2) is 23.6 Å². The fourth-order valence-electron chi connectivity index (χ4n) is 1.83. The first-order chi connectivity index (χ1) is 6.70. The summed E-state index contributed by atoms with van der Waals surface area (Å²) in [4.78, 5) is 0. The molecule has 0 aromatic heterocycles. The van der Waals surface area contributed by atoms with Crippen molar-refractivity contribution in [3.63, 3.8) is 0 Å². The van der Waals surface area contributed by atoms with Crippen molar-refractivity contribution < 1.29 is 0 Å². The average Bonchev–Trinajstić information content (AvgIpc) is 2.64. The van der Waals surface area contributed by atoms with E-state index in [1.807, 2.05) is 0 Å². The van der Waals surface area contributed by atoms with Gasteiger partial charge in [0.25, 0.3) is 0 Å². The smallest absolute Gasteiger partial charge is 0.00673 e. The molecule has 1 rings (SSSR count). The quantitative estimate of drug-likeness (QED) is 0.682. The van der Waals surface area contributed by atoms with Gasteiger partial charge < -0.3 is 5.32 Å². The van der Waals surface area contributed by atoms with Gasteiger partial charge in [-0.25, -0.2) is 0 Å². The number of nitrogens with one attached hydrogen (secondary N) is 1. The van der Waals surface area contributed by atoms with Crippen LogP contribution in [0, 0.1) is 5.92 Å². The SMILES string of the molecule is CC(C)C(C)SCCNC1CCCC1. The van der Waals surface area contributed by atoms with E-state index < -0.39 is 0 Å². The summed E-state index contributed by atoms with van der Waals surface area (Å²) < 4.78 is 0. The van der Waals surface area contributed by atoms with Crippen LogP contribution in [0.4, 0.5) is 0 Å². The van der Waals surface area contributed by atoms with E-state index in [1.54, 1.807) is 0 Å². The third-order valence-electron chi connectivity index (χ3n) is 3.21. The summed E-state index contributed by atoms with van der Waals surface area (Å²) in [6.07, 6.45) is 5.69. The second-order valence-electron chi connectivity index (χ2n) is 4.76. The molecule has 1 nitrogen and oxygen atoms in total. The van der Waals surface area contributed by atoms with E-state index in [1.165, 1.54) is 38.0 Å². The Morgan fingerprint density at radius 2 is 1.86 bits per heavy atom. The molecule has 0 aromatic rings. The van der Waals surface area contributed by atoms with Crippen LogP contribution >= 0.6 is 11.8 Å². The molecule has 0 aliphatic heterocycles. The van der Waals surface area contributed by atoms with Gasteiger partial charge in [0, 0.05) is 23.6 Å². The first-order valence-electron chi connectivity index (χ1n) is 6.05. The van der Waals surface area contributed by atoms with Crippen molar-refractivity contribution in [1.29, 1.82) is 0 Å². The third-order valence-corrected chi connectivity index (χ3v) is 4.72. The molecule has 1 aliphatic carbocycles. The van der Waals surface area contributed by atoms with Crippen LogP contribution in [0.3, 0.4) is 0 Å². The third kappa shape index (κ3) is 4.70. The minimum atomic E-state index is 0.806. The van der Waals surface area contributed by atoms with Crippen molar-refractivity contribution in [2.24, 2.45) is 5.92 Å². The number of hydrogen-bond donors (Lipinski definition) is 1. The van der Waals surface area contributed by atoms with Crippen LogP contribution < -0.4 is 5.32 Å². The summed E-state index contributed by atoms with van der Waals surface area (Å²) >= 11 is 2.11. The molecule has 14 heavy (non-hydrogen) atoms. The monoisotopic (exact) mass is 215 g/mol. The highest BCUT2D eigenvalue weighted by Gasteiger charge is 2.13. The Morgan fingerprint density at radius 1 is 1.21 bits per heavy atom. The molecule has 0 amide bonds. The van der Waals surface area contributed by atoms with Gasteiger partial charge in [-0.1, -0.05) is 33.6 Å². The topological polar surface area (TPSA) is 12.0 Å². The molecule has 1 N–H and O–H groups in total. The van der Waals surface area contributed by atoms with Gasteiger partial charge in [0.15, 0.2) is 0 Å². The molecule has 84 valence electrons. The largest absolute Gasteiger partial charge is 0.313 e. The maximum atomic E-state index is 3.66. The van der Waals surface area contributed by atoms with E-state index in [0.29, 0.717) is 0 Å². The lowest BCUT2D eigenvalue weighted by Gasteiger charge is -2.16. The first kappa shape index (κ1) is 12.4. The van der Waals surface area contributed by atoms with Crippen LogP contribution in [0.1, 0.15) is 46.5 Å². The van der Waals surface area contributed by atoms with Crippen molar-refractivity contribution in [1.82, 2.24) is 5.32 Å². The van der Waals surface area contributed by atoms with E-state index in [2.05, 4.69) is 37.8 Å². The molecule has 1 atom stereocenters. The molecular weight excluding hydrogens is 190 g/mol. The van der Waals surface area contributed by atoms with Crippen molar-refractivity contribution in [3.05, 3.63) is 0 Å². The van der Waals surface area contributed by atoms with Crippen LogP contribution in [0.15, 0.2) is 0 Å². The van der Waals surface area contributed by atoms with Gasteiger partial charge >= 0.3 is 0 Å². The van der Waals surface area contributed by atoms with Gasteiger partial charge in [-0.3, -0.25) is 0 Å². The maximum Gasteiger partial charge on any atom is 0.00673 e. The zero-order valence-corrected chi connectivity index (χ0v) is 10.7. The minimum absolute atomic E-state index is 0.806. The van der Waals surface area contributed by atoms with Gasteiger partial charge in [-0.15, -0.1) is 0 Å². The highest BCUT2D eigenvalue weighted by atomic mass is 32.2. The highest BCUT2D eigenvalue weighted by Crippen LogP contribution is 2.19. The Bertz CT molecular complexity index is 137. The van der Waals surface area contributed by atoms with Crippen molar-refractivity contribution >= 4 is 11.8 Å². The second-order valence-corrected chi connectivity index (χ2v) is 6.24. The lowest BCUT2D eigenvalue weighted by atomic mass is 10.2. The summed E-state index contributed by atoms with van der Waals surface area (Å²) in [5.74, 6) is 2.09. The maximum absolute atomic E-state index is 3.66. The van der Waals surface area contributed by atoms with E-state index >= 15 is 0 Å². The van der Waals surface area contributed by atoms with Crippen LogP contribution in [0.25, 0.3) is 0 Å². The van der Waals surface area contributed by atoms with E-state index in [0.717, 1.165) is 17.2 Å². The lowest BCUT2D eigenvalue weighted by molar-refractivity contribution is 0.544. The van der Waals surface area contributed by atoms with Crippen molar-refractivity contribution in [2.45, 2.75) is 57.7 Å². The fourth-order valence-corrected chi connectivity index (χ4v) is 2.82. The lowest BCUT2D eigenvalue weighted by Crippen LogP contribution is -2.28. The summed E-state index contributed by atoms with van der Waals surface area (Å²) in [6.45, 7) is 8.15. The molecule has 0 heterocycles.